The molecule has 0 aliphatic carbocycles. The number of hydrogen-bond donors (Lipinski definition) is 5. The molecule has 372 valence electrons. The topological polar surface area (TPSA) is 199 Å². The van der Waals surface area contributed by atoms with E-state index in [4.69, 9.17) is 23.9 Å². The second-order valence-corrected chi connectivity index (χ2v) is 20.1. The van der Waals surface area contributed by atoms with Crippen LogP contribution in [-0.4, -0.2) is 148 Å². The smallest absolute Gasteiger partial charge is 0.331 e. The van der Waals surface area contributed by atoms with E-state index in [2.05, 4.69) is 50.6 Å². The number of nitrogens with one attached hydrogen (secondary N) is 5. The number of esters is 2. The molecule has 2 bridgehead atoms. The summed E-state index contributed by atoms with van der Waals surface area (Å²) in [7, 11) is 4.05. The molecule has 2 fully saturated rings. The van der Waals surface area contributed by atoms with Crippen LogP contribution in [0.25, 0.3) is 0 Å². The summed E-state index contributed by atoms with van der Waals surface area (Å²) >= 11 is 3.38. The molecule has 0 spiro atoms. The maximum absolute atomic E-state index is 13.2. The van der Waals surface area contributed by atoms with Crippen LogP contribution in [0.4, 0.5) is 4.79 Å². The number of carbonyl (C=O) groups excluding carboxylic acids is 5. The van der Waals surface area contributed by atoms with Gasteiger partial charge in [-0.3, -0.25) is 14.4 Å². The molecular weight excluding hydrogens is 895 g/mol. The highest BCUT2D eigenvalue weighted by Crippen LogP contribution is 2.33. The number of urea groups is 1. The summed E-state index contributed by atoms with van der Waals surface area (Å²) in [5.74, 6) is -0.182. The molecule has 4 rings (SSSR count). The van der Waals surface area contributed by atoms with Crippen LogP contribution in [0.3, 0.4) is 0 Å². The Hall–Kier alpha value is -4.33. The number of unbranched alkanes of at least 4 members (excludes halogenated alkanes) is 1. The molecule has 67 heavy (non-hydrogen) atoms. The first-order valence-corrected chi connectivity index (χ1v) is 25.5. The maximum Gasteiger partial charge on any atom is 0.331 e. The number of hydrogen-bond acceptors (Lipinski definition) is 14. The van der Waals surface area contributed by atoms with Crippen molar-refractivity contribution in [2.45, 2.75) is 127 Å². The number of cyclic esters (lactones) is 2. The van der Waals surface area contributed by atoms with Gasteiger partial charge in [0, 0.05) is 73.3 Å². The zero-order chi connectivity index (χ0) is 48.6. The van der Waals surface area contributed by atoms with Gasteiger partial charge in [0.1, 0.15) is 12.2 Å². The van der Waals surface area contributed by atoms with Crippen molar-refractivity contribution < 1.29 is 42.9 Å². The lowest BCUT2D eigenvalue weighted by molar-refractivity contribution is -0.149. The molecule has 4 unspecified atom stereocenters. The Balaban J connectivity index is 1.18. The van der Waals surface area contributed by atoms with E-state index in [1.165, 1.54) is 17.4 Å². The van der Waals surface area contributed by atoms with Crippen molar-refractivity contribution >= 4 is 52.9 Å². The van der Waals surface area contributed by atoms with E-state index in [9.17, 15) is 24.0 Å². The van der Waals surface area contributed by atoms with Crippen molar-refractivity contribution in [3.05, 3.63) is 75.3 Å². The lowest BCUT2D eigenvalue weighted by Gasteiger charge is -2.22. The summed E-state index contributed by atoms with van der Waals surface area (Å²) < 4.78 is 22.9. The van der Waals surface area contributed by atoms with Crippen LogP contribution >= 0.6 is 23.1 Å². The summed E-state index contributed by atoms with van der Waals surface area (Å²) in [6.07, 6.45) is 16.8. The summed E-state index contributed by atoms with van der Waals surface area (Å²) in [5, 5.41) is 18.2. The fourth-order valence-electron chi connectivity index (χ4n) is 7.77. The number of thioether (sulfide) groups is 1. The van der Waals surface area contributed by atoms with Crippen molar-refractivity contribution in [3.8, 4) is 0 Å². The van der Waals surface area contributed by atoms with Gasteiger partial charge in [-0.1, -0.05) is 60.4 Å². The highest BCUT2D eigenvalue weighted by molar-refractivity contribution is 8.00. The van der Waals surface area contributed by atoms with Crippen molar-refractivity contribution in [3.63, 3.8) is 0 Å². The number of allylic oxidation sites excluding steroid dienone is 6. The van der Waals surface area contributed by atoms with E-state index in [-0.39, 0.29) is 60.8 Å². The first-order valence-electron chi connectivity index (χ1n) is 23.6. The number of ether oxygens (including phenoxy) is 4. The number of rotatable bonds is 22. The molecule has 3 aliphatic heterocycles. The molecule has 5 N–H and O–H groups in total. The molecule has 0 aromatic carbocycles. The molecule has 4 amide bonds. The van der Waals surface area contributed by atoms with Gasteiger partial charge in [0.15, 0.2) is 0 Å². The van der Waals surface area contributed by atoms with Gasteiger partial charge in [0.25, 0.3) is 0 Å². The summed E-state index contributed by atoms with van der Waals surface area (Å²) in [6.45, 7) is 12.8. The summed E-state index contributed by atoms with van der Waals surface area (Å²) in [5.41, 5.74) is 3.88. The molecule has 7 atom stereocenters. The predicted molar refractivity (Wildman–Crippen MR) is 265 cm³/mol. The van der Waals surface area contributed by atoms with Crippen molar-refractivity contribution in [1.29, 1.82) is 0 Å². The second-order valence-electron chi connectivity index (χ2n) is 17.9. The van der Waals surface area contributed by atoms with E-state index >= 15 is 0 Å². The van der Waals surface area contributed by atoms with Crippen LogP contribution in [0, 0.1) is 0 Å². The molecule has 4 heterocycles. The number of amides is 4. The Kier molecular flexibility index (Phi) is 24.9. The van der Waals surface area contributed by atoms with Gasteiger partial charge >= 0.3 is 18.0 Å². The predicted octanol–water partition coefficient (Wildman–Crippen LogP) is 5.28. The minimum Gasteiger partial charge on any atom is -0.462 e. The standard InChI is InChI=1S/C49H75N7O9S2/c1-33(17-20-56(6)7)15-16-35(3)26-39-29-45-53-40(31-67-45)36(4)27-38(28-47(60)64-37(5)25-34(2)11-10-14-46(59)65-39)52-30-44(58)51-19-22-63-24-23-62-21-18-50-43(57)13-9-8-12-42-48-41(32-66-42)54-49(61)55-48/h10-11,14-17,26,31,36-39,41-42,48,52H,8-9,12-13,18-25,27-30,32H2,1-7H3,(H,50,57)(H,51,58)(H2,54,55,61)/b14-10-,16-15+,33-17+,34-11+,35-26+/t36-,37?,38+,39?,41?,42-,48?/m0/s1. The maximum atomic E-state index is 13.2. The monoisotopic (exact) mass is 970 g/mol. The number of nitrogens with zero attached hydrogens (tertiary/aromatic N) is 2. The van der Waals surface area contributed by atoms with Gasteiger partial charge in [-0.2, -0.15) is 11.8 Å². The zero-order valence-corrected chi connectivity index (χ0v) is 42.2. The van der Waals surface area contributed by atoms with E-state index in [0.29, 0.717) is 70.5 Å². The molecule has 0 radical (unpaired) electrons. The van der Waals surface area contributed by atoms with E-state index in [0.717, 1.165) is 59.0 Å². The minimum absolute atomic E-state index is 0.00152. The van der Waals surface area contributed by atoms with Gasteiger partial charge in [0.05, 0.1) is 62.2 Å². The molecule has 1 aromatic rings. The van der Waals surface area contributed by atoms with Crippen molar-refractivity contribution in [2.75, 3.05) is 72.5 Å². The fraction of sp³-hybridized carbons (Fsp3) is 0.633. The average molecular weight is 970 g/mol. The Bertz CT molecular complexity index is 1910. The van der Waals surface area contributed by atoms with Crippen LogP contribution in [0.15, 0.2) is 64.6 Å². The Morgan fingerprint density at radius 1 is 0.940 bits per heavy atom. The first kappa shape index (κ1) is 55.3. The van der Waals surface area contributed by atoms with Gasteiger partial charge in [-0.15, -0.1) is 11.3 Å². The molecular formula is C49H75N7O9S2. The fourth-order valence-corrected chi connectivity index (χ4v) is 10.3. The van der Waals surface area contributed by atoms with Gasteiger partial charge in [-0.25, -0.2) is 14.6 Å². The van der Waals surface area contributed by atoms with E-state index < -0.39 is 18.2 Å². The second kappa shape index (κ2) is 30.2. The summed E-state index contributed by atoms with van der Waals surface area (Å²) in [6, 6.07) is -0.0349. The highest BCUT2D eigenvalue weighted by Gasteiger charge is 2.42. The first-order chi connectivity index (χ1) is 32.1. The Morgan fingerprint density at radius 2 is 1.67 bits per heavy atom. The third-order valence-electron chi connectivity index (χ3n) is 11.3. The lowest BCUT2D eigenvalue weighted by atomic mass is 9.97. The number of likely N-dealkylation sites (N-methyl/N-ethyl adjacent to an activating group) is 1. The van der Waals surface area contributed by atoms with Crippen LogP contribution in [-0.2, 0) is 44.5 Å². The van der Waals surface area contributed by atoms with Gasteiger partial charge in [-0.05, 0) is 67.1 Å². The lowest BCUT2D eigenvalue weighted by Crippen LogP contribution is -2.42. The molecule has 3 aliphatic rings. The summed E-state index contributed by atoms with van der Waals surface area (Å²) in [4.78, 5) is 69.9. The van der Waals surface area contributed by atoms with Crippen molar-refractivity contribution in [2.24, 2.45) is 0 Å². The molecule has 16 nitrogen and oxygen atoms in total. The zero-order valence-electron chi connectivity index (χ0n) is 40.6. The van der Waals surface area contributed by atoms with E-state index in [1.807, 2.05) is 77.2 Å². The van der Waals surface area contributed by atoms with Crippen LogP contribution < -0.4 is 26.6 Å². The number of carbonyl (C=O) groups is 5. The SMILES string of the molecule is CC(/C=C/C(C)=C/C1Cc2nc(cs2)[C@@H](C)C[C@@H](NCC(=O)NCCOCCOCCNC(=O)CCCC[C@@H]2SCC3NC(=O)NC32)CC(=O)OC(C)C/C(C)=C/C=C\C(=O)O1)=C\CN(C)C. The molecule has 2 saturated heterocycles. The largest absolute Gasteiger partial charge is 0.462 e. The molecule has 18 heteroatoms. The van der Waals surface area contributed by atoms with Gasteiger partial charge < -0.3 is 50.4 Å². The third kappa shape index (κ3) is 22.6. The van der Waals surface area contributed by atoms with Crippen LogP contribution in [0.1, 0.15) is 96.2 Å². The van der Waals surface area contributed by atoms with E-state index in [1.54, 1.807) is 6.08 Å². The normalized spacial score (nSPS) is 25.8. The van der Waals surface area contributed by atoms with Crippen molar-refractivity contribution in [1.82, 2.24) is 36.5 Å². The quantitative estimate of drug-likeness (QED) is 0.0436. The van der Waals surface area contributed by atoms with Crippen LogP contribution in [0.5, 0.6) is 0 Å². The van der Waals surface area contributed by atoms with Crippen LogP contribution in [0.2, 0.25) is 0 Å². The highest BCUT2D eigenvalue weighted by atomic mass is 32.2. The third-order valence-corrected chi connectivity index (χ3v) is 13.7. The number of fused-ring (bicyclic) bond motifs is 3. The Morgan fingerprint density at radius 3 is 2.42 bits per heavy atom. The average Bonchev–Trinajstić information content (AvgIpc) is 3.99. The molecule has 1 aromatic heterocycles. The Labute approximate surface area is 406 Å². The minimum atomic E-state index is -0.544. The van der Waals surface area contributed by atoms with Gasteiger partial charge in [0.2, 0.25) is 11.8 Å². The molecule has 0 saturated carbocycles. The number of thiazole rings is 1. The number of aromatic nitrogens is 1.